The van der Waals surface area contributed by atoms with E-state index in [9.17, 15) is 9.59 Å². The first-order valence-corrected chi connectivity index (χ1v) is 6.71. The monoisotopic (exact) mass is 276 g/mol. The number of carbonyl (C=O) groups is 2. The number of ether oxygens (including phenoxy) is 1. The van der Waals surface area contributed by atoms with E-state index in [1.165, 1.54) is 6.92 Å². The van der Waals surface area contributed by atoms with Crippen LogP contribution >= 0.6 is 0 Å². The molecule has 0 saturated carbocycles. The second-order valence-corrected chi connectivity index (χ2v) is 5.59. The van der Waals surface area contributed by atoms with Gasteiger partial charge in [0, 0.05) is 19.2 Å². The molecular formula is C15H20N2O3. The fourth-order valence-corrected chi connectivity index (χ4v) is 2.24. The smallest absolute Gasteiger partial charge is 0.236 e. The highest BCUT2D eigenvalue weighted by atomic mass is 16.5. The Hall–Kier alpha value is -2.04. The summed E-state index contributed by atoms with van der Waals surface area (Å²) in [5.74, 6) is 0.549. The maximum absolute atomic E-state index is 12.6. The Balaban J connectivity index is 2.46. The molecule has 0 bridgehead atoms. The molecule has 0 fully saturated rings. The summed E-state index contributed by atoms with van der Waals surface area (Å²) in [5.41, 5.74) is 0.795. The molecule has 1 N–H and O–H groups in total. The number of hydrogen-bond donors (Lipinski definition) is 1. The number of rotatable bonds is 2. The van der Waals surface area contributed by atoms with Crippen molar-refractivity contribution in [1.82, 2.24) is 0 Å². The van der Waals surface area contributed by atoms with Gasteiger partial charge in [-0.2, -0.15) is 0 Å². The first kappa shape index (κ1) is 14.4. The first-order valence-electron chi connectivity index (χ1n) is 6.71. The van der Waals surface area contributed by atoms with Gasteiger partial charge in [0.15, 0.2) is 0 Å². The van der Waals surface area contributed by atoms with Crippen molar-refractivity contribution in [2.45, 2.75) is 27.7 Å². The summed E-state index contributed by atoms with van der Waals surface area (Å²) in [6, 6.07) is 5.34. The SMILES string of the molecule is CCN1C(=O)C(C)(C)COc2ccc(NC(C)=O)cc21. The molecule has 5 nitrogen and oxygen atoms in total. The summed E-state index contributed by atoms with van der Waals surface area (Å²) in [7, 11) is 0. The summed E-state index contributed by atoms with van der Waals surface area (Å²) < 4.78 is 5.75. The van der Waals surface area contributed by atoms with Crippen LogP contribution in [0, 0.1) is 5.41 Å². The van der Waals surface area contributed by atoms with Crippen LogP contribution in [0.4, 0.5) is 11.4 Å². The van der Waals surface area contributed by atoms with E-state index >= 15 is 0 Å². The molecule has 0 aliphatic carbocycles. The number of nitrogens with zero attached hydrogens (tertiary/aromatic N) is 1. The van der Waals surface area contributed by atoms with Crippen LogP contribution < -0.4 is 15.0 Å². The molecule has 1 aliphatic heterocycles. The highest BCUT2D eigenvalue weighted by molar-refractivity contribution is 6.00. The minimum Gasteiger partial charge on any atom is -0.490 e. The van der Waals surface area contributed by atoms with E-state index in [0.717, 1.165) is 0 Å². The molecule has 108 valence electrons. The van der Waals surface area contributed by atoms with Gasteiger partial charge in [-0.15, -0.1) is 0 Å². The van der Waals surface area contributed by atoms with Crippen LogP contribution in [0.1, 0.15) is 27.7 Å². The van der Waals surface area contributed by atoms with Gasteiger partial charge < -0.3 is 15.0 Å². The number of nitrogens with one attached hydrogen (secondary N) is 1. The summed E-state index contributed by atoms with van der Waals surface area (Å²) >= 11 is 0. The first-order chi connectivity index (χ1) is 9.35. The molecule has 1 aromatic rings. The predicted molar refractivity (Wildman–Crippen MR) is 78.0 cm³/mol. The van der Waals surface area contributed by atoms with Crippen LogP contribution in [-0.2, 0) is 9.59 Å². The maximum atomic E-state index is 12.6. The minimum absolute atomic E-state index is 0.0266. The molecule has 0 aromatic heterocycles. The van der Waals surface area contributed by atoms with Crippen LogP contribution in [-0.4, -0.2) is 25.0 Å². The molecule has 0 radical (unpaired) electrons. The van der Waals surface area contributed by atoms with E-state index in [0.29, 0.717) is 30.3 Å². The molecular weight excluding hydrogens is 256 g/mol. The predicted octanol–water partition coefficient (Wildman–Crippen LogP) is 2.42. The van der Waals surface area contributed by atoms with Gasteiger partial charge in [-0.25, -0.2) is 0 Å². The molecule has 5 heteroatoms. The average molecular weight is 276 g/mol. The van der Waals surface area contributed by atoms with E-state index in [-0.39, 0.29) is 11.8 Å². The number of fused-ring (bicyclic) bond motifs is 1. The molecule has 0 unspecified atom stereocenters. The van der Waals surface area contributed by atoms with Crippen LogP contribution in [0.25, 0.3) is 0 Å². The van der Waals surface area contributed by atoms with E-state index in [4.69, 9.17) is 4.74 Å². The topological polar surface area (TPSA) is 58.6 Å². The van der Waals surface area contributed by atoms with Crippen LogP contribution in [0.3, 0.4) is 0 Å². The highest BCUT2D eigenvalue weighted by Crippen LogP contribution is 2.37. The molecule has 1 aromatic carbocycles. The third-order valence-electron chi connectivity index (χ3n) is 3.30. The van der Waals surface area contributed by atoms with Gasteiger partial charge in [0.25, 0.3) is 0 Å². The van der Waals surface area contributed by atoms with Crippen molar-refractivity contribution in [3.05, 3.63) is 18.2 Å². The van der Waals surface area contributed by atoms with E-state index in [1.54, 1.807) is 23.1 Å². The number of hydrogen-bond acceptors (Lipinski definition) is 3. The summed E-state index contributed by atoms with van der Waals surface area (Å²) in [4.78, 5) is 25.4. The zero-order valence-corrected chi connectivity index (χ0v) is 12.3. The maximum Gasteiger partial charge on any atom is 0.236 e. The molecule has 1 aliphatic rings. The number of anilines is 2. The van der Waals surface area contributed by atoms with E-state index in [2.05, 4.69) is 5.32 Å². The minimum atomic E-state index is -0.566. The van der Waals surface area contributed by atoms with Gasteiger partial charge in [-0.1, -0.05) is 0 Å². The molecule has 20 heavy (non-hydrogen) atoms. The van der Waals surface area contributed by atoms with Crippen LogP contribution in [0.15, 0.2) is 18.2 Å². The van der Waals surface area contributed by atoms with E-state index in [1.807, 2.05) is 20.8 Å². The Labute approximate surface area is 118 Å². The second-order valence-electron chi connectivity index (χ2n) is 5.59. The van der Waals surface area contributed by atoms with Crippen molar-refractivity contribution in [1.29, 1.82) is 0 Å². The molecule has 2 amide bonds. The highest BCUT2D eigenvalue weighted by Gasteiger charge is 2.37. The van der Waals surface area contributed by atoms with Gasteiger partial charge >= 0.3 is 0 Å². The zero-order valence-electron chi connectivity index (χ0n) is 12.3. The molecule has 0 atom stereocenters. The van der Waals surface area contributed by atoms with Gasteiger partial charge in [0.2, 0.25) is 11.8 Å². The van der Waals surface area contributed by atoms with Crippen molar-refractivity contribution in [2.24, 2.45) is 5.41 Å². The Bertz CT molecular complexity index is 552. The van der Waals surface area contributed by atoms with Gasteiger partial charge in [-0.05, 0) is 39.0 Å². The molecule has 0 spiro atoms. The standard InChI is InChI=1S/C15H20N2O3/c1-5-17-12-8-11(16-10(2)18)6-7-13(12)20-9-15(3,4)14(17)19/h6-8H,5,9H2,1-4H3,(H,16,18). The lowest BCUT2D eigenvalue weighted by Gasteiger charge is -2.27. The Kier molecular flexibility index (Phi) is 3.70. The second kappa shape index (κ2) is 5.15. The third kappa shape index (κ3) is 2.61. The average Bonchev–Trinajstić information content (AvgIpc) is 2.46. The molecule has 0 saturated heterocycles. The van der Waals surface area contributed by atoms with Crippen LogP contribution in [0.2, 0.25) is 0 Å². The largest absolute Gasteiger partial charge is 0.490 e. The van der Waals surface area contributed by atoms with Crippen molar-refractivity contribution in [3.63, 3.8) is 0 Å². The zero-order chi connectivity index (χ0) is 14.9. The van der Waals surface area contributed by atoms with Crippen LogP contribution in [0.5, 0.6) is 5.75 Å². The van der Waals surface area contributed by atoms with Gasteiger partial charge in [0.05, 0.1) is 11.1 Å². The molecule has 2 rings (SSSR count). The summed E-state index contributed by atoms with van der Waals surface area (Å²) in [6.45, 7) is 8.02. The van der Waals surface area contributed by atoms with Gasteiger partial charge in [0.1, 0.15) is 12.4 Å². The number of benzene rings is 1. The summed E-state index contributed by atoms with van der Waals surface area (Å²) in [5, 5.41) is 2.72. The van der Waals surface area contributed by atoms with Crippen molar-refractivity contribution >= 4 is 23.2 Å². The Morgan fingerprint density at radius 1 is 1.45 bits per heavy atom. The van der Waals surface area contributed by atoms with Crippen molar-refractivity contribution in [2.75, 3.05) is 23.4 Å². The molecule has 1 heterocycles. The third-order valence-corrected chi connectivity index (χ3v) is 3.30. The number of amides is 2. The Morgan fingerprint density at radius 2 is 2.15 bits per heavy atom. The normalized spacial score (nSPS) is 17.0. The lowest BCUT2D eigenvalue weighted by Crippen LogP contribution is -2.42. The van der Waals surface area contributed by atoms with Gasteiger partial charge in [-0.3, -0.25) is 9.59 Å². The lowest BCUT2D eigenvalue weighted by molar-refractivity contribution is -0.127. The fraction of sp³-hybridized carbons (Fsp3) is 0.467. The quantitative estimate of drug-likeness (QED) is 0.902. The number of carbonyl (C=O) groups excluding carboxylic acids is 2. The summed E-state index contributed by atoms with van der Waals surface area (Å²) in [6.07, 6.45) is 0. The van der Waals surface area contributed by atoms with Crippen molar-refractivity contribution in [3.8, 4) is 5.75 Å². The lowest BCUT2D eigenvalue weighted by atomic mass is 9.93. The van der Waals surface area contributed by atoms with E-state index < -0.39 is 5.41 Å². The fourth-order valence-electron chi connectivity index (χ4n) is 2.24. The van der Waals surface area contributed by atoms with Crippen molar-refractivity contribution < 1.29 is 14.3 Å². The Morgan fingerprint density at radius 3 is 2.75 bits per heavy atom.